The topological polar surface area (TPSA) is 55.1 Å². The Hall–Kier alpha value is -2.44. The molecule has 0 radical (unpaired) electrons. The second-order valence-electron chi connectivity index (χ2n) is 4.98. The predicted molar refractivity (Wildman–Crippen MR) is 92.9 cm³/mol. The van der Waals surface area contributed by atoms with Gasteiger partial charge in [0.25, 0.3) is 0 Å². The number of benzene rings is 1. The van der Waals surface area contributed by atoms with E-state index in [1.807, 2.05) is 42.6 Å². The lowest BCUT2D eigenvalue weighted by atomic mass is 10.2. The molecule has 0 aliphatic carbocycles. The molecule has 1 aromatic carbocycles. The fourth-order valence-corrected chi connectivity index (χ4v) is 3.20. The standard InChI is InChI=1S/C16H12ClN5S/c17-13-3-1-2-12(8-13)14-10-22-16(20-14)23-15(21-22)19-9-11-4-6-18-7-5-11/h1-8,10H,9H2,(H,19,21). The van der Waals surface area contributed by atoms with Crippen LogP contribution in [-0.2, 0) is 6.54 Å². The van der Waals surface area contributed by atoms with Gasteiger partial charge in [0.15, 0.2) is 0 Å². The zero-order valence-corrected chi connectivity index (χ0v) is 13.6. The van der Waals surface area contributed by atoms with Crippen molar-refractivity contribution >= 4 is 33.0 Å². The van der Waals surface area contributed by atoms with Gasteiger partial charge in [0.05, 0.1) is 11.9 Å². The lowest BCUT2D eigenvalue weighted by molar-refractivity contribution is 0.961. The highest BCUT2D eigenvalue weighted by atomic mass is 35.5. The quantitative estimate of drug-likeness (QED) is 0.606. The molecule has 5 nitrogen and oxygen atoms in total. The summed E-state index contributed by atoms with van der Waals surface area (Å²) in [4.78, 5) is 9.46. The van der Waals surface area contributed by atoms with Crippen LogP contribution in [0, 0.1) is 0 Å². The van der Waals surface area contributed by atoms with Gasteiger partial charge in [-0.15, -0.1) is 5.10 Å². The van der Waals surface area contributed by atoms with Crippen molar-refractivity contribution in [2.75, 3.05) is 5.32 Å². The van der Waals surface area contributed by atoms with Gasteiger partial charge in [0, 0.05) is 29.5 Å². The molecule has 0 bridgehead atoms. The van der Waals surface area contributed by atoms with E-state index in [9.17, 15) is 0 Å². The number of hydrogen-bond acceptors (Lipinski definition) is 5. The lowest BCUT2D eigenvalue weighted by Crippen LogP contribution is -1.99. The average molecular weight is 342 g/mol. The molecule has 23 heavy (non-hydrogen) atoms. The number of fused-ring (bicyclic) bond motifs is 1. The van der Waals surface area contributed by atoms with Gasteiger partial charge in [0.2, 0.25) is 10.1 Å². The first-order chi connectivity index (χ1) is 11.3. The molecule has 114 valence electrons. The van der Waals surface area contributed by atoms with E-state index in [0.717, 1.165) is 26.9 Å². The van der Waals surface area contributed by atoms with E-state index in [4.69, 9.17) is 11.6 Å². The fourth-order valence-electron chi connectivity index (χ4n) is 2.24. The van der Waals surface area contributed by atoms with Crippen LogP contribution >= 0.6 is 22.9 Å². The molecule has 0 saturated heterocycles. The first-order valence-corrected chi connectivity index (χ1v) is 8.22. The summed E-state index contributed by atoms with van der Waals surface area (Å²) in [6.07, 6.45) is 5.47. The molecular formula is C16H12ClN5S. The van der Waals surface area contributed by atoms with Gasteiger partial charge in [-0.1, -0.05) is 35.1 Å². The summed E-state index contributed by atoms with van der Waals surface area (Å²) in [7, 11) is 0. The molecule has 0 unspecified atom stereocenters. The maximum atomic E-state index is 6.03. The average Bonchev–Trinajstić information content (AvgIpc) is 3.12. The van der Waals surface area contributed by atoms with Gasteiger partial charge in [0.1, 0.15) is 0 Å². The zero-order valence-electron chi connectivity index (χ0n) is 12.0. The van der Waals surface area contributed by atoms with Crippen molar-refractivity contribution in [2.24, 2.45) is 0 Å². The van der Waals surface area contributed by atoms with Crippen LogP contribution in [0.5, 0.6) is 0 Å². The van der Waals surface area contributed by atoms with E-state index >= 15 is 0 Å². The number of pyridine rings is 1. The van der Waals surface area contributed by atoms with Gasteiger partial charge in [-0.05, 0) is 29.8 Å². The number of aromatic nitrogens is 4. The first kappa shape index (κ1) is 14.2. The number of imidazole rings is 1. The van der Waals surface area contributed by atoms with Gasteiger partial charge in [-0.2, -0.15) is 0 Å². The molecule has 4 rings (SSSR count). The van der Waals surface area contributed by atoms with Crippen molar-refractivity contribution in [3.8, 4) is 11.3 Å². The summed E-state index contributed by atoms with van der Waals surface area (Å²) in [5.41, 5.74) is 3.01. The largest absolute Gasteiger partial charge is 0.356 e. The maximum Gasteiger partial charge on any atom is 0.214 e. The van der Waals surface area contributed by atoms with Crippen LogP contribution in [0.1, 0.15) is 5.56 Å². The molecule has 7 heteroatoms. The van der Waals surface area contributed by atoms with Crippen LogP contribution in [0.3, 0.4) is 0 Å². The monoisotopic (exact) mass is 341 g/mol. The molecule has 0 amide bonds. The lowest BCUT2D eigenvalue weighted by Gasteiger charge is -2.01. The fraction of sp³-hybridized carbons (Fsp3) is 0.0625. The smallest absolute Gasteiger partial charge is 0.214 e. The minimum absolute atomic E-state index is 0.700. The summed E-state index contributed by atoms with van der Waals surface area (Å²) >= 11 is 7.55. The number of hydrogen-bond donors (Lipinski definition) is 1. The Kier molecular flexibility index (Phi) is 3.69. The number of halogens is 1. The third kappa shape index (κ3) is 3.04. The van der Waals surface area contributed by atoms with Crippen LogP contribution in [0.4, 0.5) is 5.13 Å². The Morgan fingerprint density at radius 2 is 2.04 bits per heavy atom. The summed E-state index contributed by atoms with van der Waals surface area (Å²) in [5.74, 6) is 0. The van der Waals surface area contributed by atoms with E-state index in [-0.39, 0.29) is 0 Å². The van der Waals surface area contributed by atoms with Crippen molar-refractivity contribution in [3.05, 3.63) is 65.6 Å². The highest BCUT2D eigenvalue weighted by molar-refractivity contribution is 7.20. The van der Waals surface area contributed by atoms with E-state index in [2.05, 4.69) is 20.4 Å². The molecule has 0 aliphatic rings. The molecule has 0 fully saturated rings. The van der Waals surface area contributed by atoms with Gasteiger partial charge in [-0.25, -0.2) is 9.50 Å². The Morgan fingerprint density at radius 1 is 1.17 bits per heavy atom. The predicted octanol–water partition coefficient (Wildman–Crippen LogP) is 4.12. The SMILES string of the molecule is Clc1cccc(-c2cn3nc(NCc4ccncc4)sc3n2)c1. The van der Waals surface area contributed by atoms with Crippen molar-refractivity contribution in [3.63, 3.8) is 0 Å². The molecule has 0 spiro atoms. The number of rotatable bonds is 4. The molecule has 0 aliphatic heterocycles. The second kappa shape index (κ2) is 5.98. The van der Waals surface area contributed by atoms with Crippen LogP contribution in [0.15, 0.2) is 55.0 Å². The van der Waals surface area contributed by atoms with E-state index in [0.29, 0.717) is 11.6 Å². The van der Waals surface area contributed by atoms with E-state index in [1.54, 1.807) is 16.9 Å². The Morgan fingerprint density at radius 3 is 2.83 bits per heavy atom. The third-order valence-electron chi connectivity index (χ3n) is 3.36. The first-order valence-electron chi connectivity index (χ1n) is 7.03. The molecule has 3 aromatic heterocycles. The molecule has 4 aromatic rings. The normalized spacial score (nSPS) is 11.0. The third-order valence-corrected chi connectivity index (χ3v) is 4.47. The molecule has 3 heterocycles. The van der Waals surface area contributed by atoms with Crippen molar-refractivity contribution in [2.45, 2.75) is 6.54 Å². The molecule has 1 N–H and O–H groups in total. The van der Waals surface area contributed by atoms with Crippen molar-refractivity contribution < 1.29 is 0 Å². The summed E-state index contributed by atoms with van der Waals surface area (Å²) in [6, 6.07) is 11.6. The maximum absolute atomic E-state index is 6.03. The van der Waals surface area contributed by atoms with E-state index in [1.165, 1.54) is 11.3 Å². The van der Waals surface area contributed by atoms with Crippen molar-refractivity contribution in [1.29, 1.82) is 0 Å². The van der Waals surface area contributed by atoms with Crippen LogP contribution in [-0.4, -0.2) is 19.6 Å². The Labute approximate surface area is 141 Å². The Balaban J connectivity index is 1.55. The number of anilines is 1. The summed E-state index contributed by atoms with van der Waals surface area (Å²) in [6.45, 7) is 0.709. The summed E-state index contributed by atoms with van der Waals surface area (Å²) in [5, 5.41) is 9.35. The van der Waals surface area contributed by atoms with Gasteiger partial charge >= 0.3 is 0 Å². The highest BCUT2D eigenvalue weighted by Crippen LogP contribution is 2.26. The van der Waals surface area contributed by atoms with Crippen LogP contribution < -0.4 is 5.32 Å². The van der Waals surface area contributed by atoms with Gasteiger partial charge in [-0.3, -0.25) is 4.98 Å². The van der Waals surface area contributed by atoms with Crippen LogP contribution in [0.25, 0.3) is 16.2 Å². The molecule has 0 atom stereocenters. The minimum atomic E-state index is 0.700. The summed E-state index contributed by atoms with van der Waals surface area (Å²) < 4.78 is 1.79. The van der Waals surface area contributed by atoms with Crippen LogP contribution in [0.2, 0.25) is 5.02 Å². The minimum Gasteiger partial charge on any atom is -0.356 e. The second-order valence-corrected chi connectivity index (χ2v) is 6.37. The van der Waals surface area contributed by atoms with E-state index < -0.39 is 0 Å². The molecule has 0 saturated carbocycles. The highest BCUT2D eigenvalue weighted by Gasteiger charge is 2.09. The number of nitrogens with one attached hydrogen (secondary N) is 1. The molecular weight excluding hydrogens is 330 g/mol. The van der Waals surface area contributed by atoms with Gasteiger partial charge < -0.3 is 5.32 Å². The Bertz CT molecular complexity index is 916. The van der Waals surface area contributed by atoms with Crippen molar-refractivity contribution in [1.82, 2.24) is 19.6 Å². The zero-order chi connectivity index (χ0) is 15.6. The number of nitrogens with zero attached hydrogens (tertiary/aromatic N) is 4.